The van der Waals surface area contributed by atoms with Gasteiger partial charge in [0.05, 0.1) is 0 Å². The Morgan fingerprint density at radius 1 is 1.44 bits per heavy atom. The van der Waals surface area contributed by atoms with Gasteiger partial charge in [-0.05, 0) is 12.1 Å². The predicted molar refractivity (Wildman–Crippen MR) is 54.0 cm³/mol. The summed E-state index contributed by atoms with van der Waals surface area (Å²) in [6.07, 6.45) is -4.22. The fraction of sp³-hybridized carbons (Fsp3) is 0.300. The first kappa shape index (κ1) is 12.2. The number of anilines is 1. The molecular formula is C10H11F2NO3. The molecule has 0 aliphatic carbocycles. The predicted octanol–water partition coefficient (Wildman–Crippen LogP) is 1.81. The number of halogens is 2. The zero-order valence-corrected chi connectivity index (χ0v) is 8.78. The normalized spacial score (nSPS) is 11.0. The van der Waals surface area contributed by atoms with Crippen molar-refractivity contribution in [3.05, 3.63) is 24.3 Å². The Morgan fingerprint density at radius 3 is 2.56 bits per heavy atom. The highest BCUT2D eigenvalue weighted by atomic mass is 19.3. The quantitative estimate of drug-likeness (QED) is 0.858. The molecular weight excluding hydrogens is 220 g/mol. The van der Waals surface area contributed by atoms with Gasteiger partial charge in [0, 0.05) is 25.8 Å². The van der Waals surface area contributed by atoms with Crippen molar-refractivity contribution >= 4 is 11.7 Å². The first-order valence-corrected chi connectivity index (χ1v) is 4.40. The molecule has 0 unspecified atom stereocenters. The van der Waals surface area contributed by atoms with Crippen LogP contribution in [0.4, 0.5) is 14.5 Å². The third kappa shape index (κ3) is 2.82. The highest BCUT2D eigenvalue weighted by Crippen LogP contribution is 2.25. The SMILES string of the molecule is CN(C)c1cccc(OC(F)(F)C(=O)O)c1. The zero-order valence-electron chi connectivity index (χ0n) is 8.78. The monoisotopic (exact) mass is 231 g/mol. The van der Waals surface area contributed by atoms with E-state index in [2.05, 4.69) is 4.74 Å². The second-order valence-corrected chi connectivity index (χ2v) is 3.32. The molecule has 0 aromatic heterocycles. The van der Waals surface area contributed by atoms with E-state index in [0.29, 0.717) is 5.69 Å². The molecule has 0 fully saturated rings. The molecule has 1 N–H and O–H groups in total. The first-order valence-electron chi connectivity index (χ1n) is 4.40. The molecule has 1 rings (SSSR count). The van der Waals surface area contributed by atoms with E-state index in [4.69, 9.17) is 5.11 Å². The number of nitrogens with zero attached hydrogens (tertiary/aromatic N) is 1. The minimum atomic E-state index is -4.22. The Kier molecular flexibility index (Phi) is 3.31. The van der Waals surface area contributed by atoms with E-state index in [1.54, 1.807) is 25.1 Å². The lowest BCUT2D eigenvalue weighted by molar-refractivity contribution is -0.210. The second-order valence-electron chi connectivity index (χ2n) is 3.32. The van der Waals surface area contributed by atoms with Crippen molar-refractivity contribution in [1.82, 2.24) is 0 Å². The molecule has 6 heteroatoms. The van der Waals surface area contributed by atoms with Gasteiger partial charge in [-0.25, -0.2) is 4.79 Å². The number of aliphatic carboxylic acids is 1. The van der Waals surface area contributed by atoms with Crippen molar-refractivity contribution in [3.63, 3.8) is 0 Å². The number of benzene rings is 1. The Bertz CT molecular complexity index is 393. The maximum absolute atomic E-state index is 12.7. The van der Waals surface area contributed by atoms with Crippen LogP contribution < -0.4 is 9.64 Å². The molecule has 0 heterocycles. The van der Waals surface area contributed by atoms with Gasteiger partial charge in [-0.2, -0.15) is 8.78 Å². The smallest absolute Gasteiger partial charge is 0.474 e. The minimum Gasteiger partial charge on any atom is -0.474 e. The van der Waals surface area contributed by atoms with Crippen LogP contribution in [0.15, 0.2) is 24.3 Å². The molecule has 1 aromatic carbocycles. The molecule has 0 atom stereocenters. The molecule has 0 radical (unpaired) electrons. The summed E-state index contributed by atoms with van der Waals surface area (Å²) in [4.78, 5) is 11.8. The van der Waals surface area contributed by atoms with Crippen molar-refractivity contribution in [2.75, 3.05) is 19.0 Å². The van der Waals surface area contributed by atoms with Gasteiger partial charge in [-0.15, -0.1) is 0 Å². The zero-order chi connectivity index (χ0) is 12.3. The summed E-state index contributed by atoms with van der Waals surface area (Å²) in [7, 11) is 3.46. The van der Waals surface area contributed by atoms with Crippen molar-refractivity contribution in [1.29, 1.82) is 0 Å². The standard InChI is InChI=1S/C10H11F2NO3/c1-13(2)7-4-3-5-8(6-7)16-10(11,12)9(14)15/h3-6H,1-2H3,(H,14,15). The van der Waals surface area contributed by atoms with Crippen LogP contribution in [0, 0.1) is 0 Å². The average molecular weight is 231 g/mol. The van der Waals surface area contributed by atoms with Crippen molar-refractivity contribution in [2.45, 2.75) is 6.11 Å². The molecule has 0 saturated carbocycles. The Morgan fingerprint density at radius 2 is 2.06 bits per heavy atom. The maximum Gasteiger partial charge on any atom is 0.501 e. The van der Waals surface area contributed by atoms with Gasteiger partial charge >= 0.3 is 12.1 Å². The lowest BCUT2D eigenvalue weighted by Crippen LogP contribution is -2.34. The summed E-state index contributed by atoms with van der Waals surface area (Å²) < 4.78 is 29.6. The van der Waals surface area contributed by atoms with E-state index in [1.165, 1.54) is 18.2 Å². The van der Waals surface area contributed by atoms with Crippen LogP contribution in [0.2, 0.25) is 0 Å². The Hall–Kier alpha value is -1.85. The number of hydrogen-bond donors (Lipinski definition) is 1. The lowest BCUT2D eigenvalue weighted by Gasteiger charge is -2.16. The second kappa shape index (κ2) is 4.34. The summed E-state index contributed by atoms with van der Waals surface area (Å²) in [5, 5.41) is 8.20. The van der Waals surface area contributed by atoms with Gasteiger partial charge in [0.25, 0.3) is 0 Å². The summed E-state index contributed by atoms with van der Waals surface area (Å²) >= 11 is 0. The van der Waals surface area contributed by atoms with Crippen molar-refractivity contribution < 1.29 is 23.4 Å². The first-order chi connectivity index (χ1) is 7.33. The molecule has 1 aromatic rings. The number of carbonyl (C=O) groups is 1. The average Bonchev–Trinajstić information content (AvgIpc) is 2.17. The molecule has 0 amide bonds. The van der Waals surface area contributed by atoms with Crippen LogP contribution in [0.25, 0.3) is 0 Å². The molecule has 88 valence electrons. The van der Waals surface area contributed by atoms with E-state index in [1.807, 2.05) is 0 Å². The fourth-order valence-corrected chi connectivity index (χ4v) is 1.02. The van der Waals surface area contributed by atoms with Crippen LogP contribution >= 0.6 is 0 Å². The number of hydrogen-bond acceptors (Lipinski definition) is 3. The minimum absolute atomic E-state index is 0.196. The van der Waals surface area contributed by atoms with Gasteiger partial charge in [0.2, 0.25) is 0 Å². The highest BCUT2D eigenvalue weighted by molar-refractivity contribution is 5.74. The van der Waals surface area contributed by atoms with Gasteiger partial charge in [-0.3, -0.25) is 0 Å². The number of carboxylic acid groups (broad SMARTS) is 1. The molecule has 0 saturated heterocycles. The fourth-order valence-electron chi connectivity index (χ4n) is 1.02. The van der Waals surface area contributed by atoms with E-state index in [0.717, 1.165) is 0 Å². The summed E-state index contributed by atoms with van der Waals surface area (Å²) in [6.45, 7) is 0. The number of carboxylic acids is 1. The summed E-state index contributed by atoms with van der Waals surface area (Å²) in [6, 6.07) is 5.79. The Balaban J connectivity index is 2.90. The Labute approximate surface area is 91.1 Å². The maximum atomic E-state index is 12.7. The largest absolute Gasteiger partial charge is 0.501 e. The van der Waals surface area contributed by atoms with Gasteiger partial charge in [0.15, 0.2) is 0 Å². The van der Waals surface area contributed by atoms with E-state index < -0.39 is 12.1 Å². The molecule has 4 nitrogen and oxygen atoms in total. The topological polar surface area (TPSA) is 49.8 Å². The van der Waals surface area contributed by atoms with Gasteiger partial charge < -0.3 is 14.7 Å². The number of alkyl halides is 2. The molecule has 16 heavy (non-hydrogen) atoms. The molecule has 0 aliphatic heterocycles. The van der Waals surface area contributed by atoms with Crippen molar-refractivity contribution in [3.8, 4) is 5.75 Å². The van der Waals surface area contributed by atoms with Crippen LogP contribution in [0.5, 0.6) is 5.75 Å². The van der Waals surface area contributed by atoms with Crippen LogP contribution in [0.3, 0.4) is 0 Å². The molecule has 0 bridgehead atoms. The summed E-state index contributed by atoms with van der Waals surface area (Å²) in [5.41, 5.74) is 0.638. The van der Waals surface area contributed by atoms with Crippen molar-refractivity contribution in [2.24, 2.45) is 0 Å². The lowest BCUT2D eigenvalue weighted by atomic mass is 10.3. The molecule has 0 spiro atoms. The van der Waals surface area contributed by atoms with Gasteiger partial charge in [0.1, 0.15) is 5.75 Å². The highest BCUT2D eigenvalue weighted by Gasteiger charge is 2.42. The van der Waals surface area contributed by atoms with E-state index in [9.17, 15) is 13.6 Å². The van der Waals surface area contributed by atoms with E-state index >= 15 is 0 Å². The van der Waals surface area contributed by atoms with Crippen LogP contribution in [-0.2, 0) is 4.79 Å². The van der Waals surface area contributed by atoms with Crippen LogP contribution in [-0.4, -0.2) is 31.3 Å². The van der Waals surface area contributed by atoms with E-state index in [-0.39, 0.29) is 5.75 Å². The van der Waals surface area contributed by atoms with Gasteiger partial charge in [-0.1, -0.05) is 6.07 Å². The molecule has 0 aliphatic rings. The third-order valence-corrected chi connectivity index (χ3v) is 1.83. The summed E-state index contributed by atoms with van der Waals surface area (Å²) in [5.74, 6) is -2.51. The number of ether oxygens (including phenoxy) is 1. The van der Waals surface area contributed by atoms with Crippen LogP contribution in [0.1, 0.15) is 0 Å². The number of rotatable bonds is 4. The third-order valence-electron chi connectivity index (χ3n) is 1.83.